The lowest BCUT2D eigenvalue weighted by molar-refractivity contribution is -0.141. The van der Waals surface area contributed by atoms with E-state index in [-0.39, 0.29) is 24.9 Å². The molecule has 208 valence electrons. The molecule has 1 fully saturated rings. The number of fused-ring (bicyclic) bond motifs is 1. The maximum absolute atomic E-state index is 13.7. The standard InChI is InChI=1S/C31H30ClF2N3O3/c32-23-7-2-5-21(17-23)26(38)28(40)37-15-3-8-25-24(18-37)27(39)36-29(35-25)30(13-14-30)22-6-1-4-20(16-22)19-9-11-31(33,34)12-10-19/h1-2,4-7,9,16-17,26,38H,3,8,10-15,18H2,(H,35,36,39). The summed E-state index contributed by atoms with van der Waals surface area (Å²) in [5.41, 5.74) is 3.68. The van der Waals surface area contributed by atoms with Crippen LogP contribution in [-0.2, 0) is 23.2 Å². The van der Waals surface area contributed by atoms with Crippen LogP contribution in [0.4, 0.5) is 8.78 Å². The smallest absolute Gasteiger partial charge is 0.256 e. The highest BCUT2D eigenvalue weighted by Crippen LogP contribution is 2.52. The predicted molar refractivity (Wildman–Crippen MR) is 148 cm³/mol. The van der Waals surface area contributed by atoms with Crippen molar-refractivity contribution in [1.82, 2.24) is 14.9 Å². The van der Waals surface area contributed by atoms with Gasteiger partial charge >= 0.3 is 0 Å². The Balaban J connectivity index is 1.26. The van der Waals surface area contributed by atoms with Crippen molar-refractivity contribution in [3.8, 4) is 0 Å². The Morgan fingerprint density at radius 2 is 1.90 bits per heavy atom. The number of aryl methyl sites for hydroxylation is 1. The lowest BCUT2D eigenvalue weighted by Gasteiger charge is -2.24. The van der Waals surface area contributed by atoms with Gasteiger partial charge in [0.2, 0.25) is 0 Å². The van der Waals surface area contributed by atoms with Crippen LogP contribution < -0.4 is 5.56 Å². The van der Waals surface area contributed by atoms with Crippen molar-refractivity contribution < 1.29 is 18.7 Å². The third-order valence-electron chi connectivity index (χ3n) is 8.40. The Hall–Kier alpha value is -3.36. The van der Waals surface area contributed by atoms with Crippen LogP contribution >= 0.6 is 11.6 Å². The molecule has 0 radical (unpaired) electrons. The van der Waals surface area contributed by atoms with Crippen molar-refractivity contribution in [1.29, 1.82) is 0 Å². The molecule has 0 saturated heterocycles. The number of halogens is 3. The van der Waals surface area contributed by atoms with Crippen LogP contribution in [-0.4, -0.2) is 38.3 Å². The van der Waals surface area contributed by atoms with Gasteiger partial charge in [-0.1, -0.05) is 54.1 Å². The number of benzene rings is 2. The zero-order valence-corrected chi connectivity index (χ0v) is 22.7. The molecule has 2 N–H and O–H groups in total. The van der Waals surface area contributed by atoms with Gasteiger partial charge in [-0.2, -0.15) is 0 Å². The van der Waals surface area contributed by atoms with Gasteiger partial charge in [0, 0.05) is 24.4 Å². The first-order valence-corrected chi connectivity index (χ1v) is 14.1. The summed E-state index contributed by atoms with van der Waals surface area (Å²) in [6.45, 7) is 0.457. The van der Waals surface area contributed by atoms with E-state index < -0.39 is 23.3 Å². The summed E-state index contributed by atoms with van der Waals surface area (Å²) in [4.78, 5) is 36.0. The van der Waals surface area contributed by atoms with Crippen LogP contribution in [0, 0.1) is 0 Å². The summed E-state index contributed by atoms with van der Waals surface area (Å²) in [5.74, 6) is -2.52. The third kappa shape index (κ3) is 5.10. The van der Waals surface area contributed by atoms with Crippen LogP contribution in [0.2, 0.25) is 5.02 Å². The Kier molecular flexibility index (Phi) is 6.87. The Labute approximate surface area is 235 Å². The Morgan fingerprint density at radius 1 is 1.10 bits per heavy atom. The molecule has 2 aliphatic carbocycles. The van der Waals surface area contributed by atoms with Gasteiger partial charge < -0.3 is 15.0 Å². The molecule has 3 aliphatic rings. The van der Waals surface area contributed by atoms with E-state index in [2.05, 4.69) is 4.98 Å². The summed E-state index contributed by atoms with van der Waals surface area (Å²) in [5, 5.41) is 11.1. The second-order valence-electron chi connectivity index (χ2n) is 11.1. The predicted octanol–water partition coefficient (Wildman–Crippen LogP) is 5.71. The molecule has 1 aromatic heterocycles. The van der Waals surface area contributed by atoms with Crippen LogP contribution in [0.5, 0.6) is 0 Å². The van der Waals surface area contributed by atoms with Crippen LogP contribution in [0.3, 0.4) is 0 Å². The highest BCUT2D eigenvalue weighted by molar-refractivity contribution is 6.30. The van der Waals surface area contributed by atoms with Gasteiger partial charge in [-0.25, -0.2) is 13.8 Å². The molecule has 6 nitrogen and oxygen atoms in total. The van der Waals surface area contributed by atoms with Crippen molar-refractivity contribution in [2.45, 2.75) is 68.9 Å². The fourth-order valence-electron chi connectivity index (χ4n) is 5.89. The summed E-state index contributed by atoms with van der Waals surface area (Å²) in [7, 11) is 0. The summed E-state index contributed by atoms with van der Waals surface area (Å²) >= 11 is 6.03. The second kappa shape index (κ2) is 10.2. The minimum absolute atomic E-state index is 0.0652. The molecule has 40 heavy (non-hydrogen) atoms. The molecular weight excluding hydrogens is 536 g/mol. The summed E-state index contributed by atoms with van der Waals surface area (Å²) < 4.78 is 27.3. The number of allylic oxidation sites excluding steroid dienone is 2. The minimum atomic E-state index is -2.64. The molecule has 0 spiro atoms. The van der Waals surface area contributed by atoms with E-state index in [9.17, 15) is 23.5 Å². The zero-order chi connectivity index (χ0) is 28.1. The van der Waals surface area contributed by atoms with Gasteiger partial charge in [0.25, 0.3) is 17.4 Å². The number of hydrogen-bond donors (Lipinski definition) is 2. The lowest BCUT2D eigenvalue weighted by atomic mass is 9.87. The molecule has 2 heterocycles. The van der Waals surface area contributed by atoms with E-state index in [0.717, 1.165) is 29.5 Å². The van der Waals surface area contributed by atoms with E-state index in [4.69, 9.17) is 16.6 Å². The maximum Gasteiger partial charge on any atom is 0.256 e. The fraction of sp³-hybridized carbons (Fsp3) is 0.387. The number of carbonyl (C=O) groups is 1. The van der Waals surface area contributed by atoms with Crippen molar-refractivity contribution >= 4 is 23.1 Å². The number of carbonyl (C=O) groups excluding carboxylic acids is 1. The number of nitrogens with one attached hydrogen (secondary N) is 1. The molecule has 3 aromatic rings. The number of aliphatic hydroxyl groups is 1. The van der Waals surface area contributed by atoms with Crippen LogP contribution in [0.15, 0.2) is 59.4 Å². The zero-order valence-electron chi connectivity index (χ0n) is 21.9. The number of nitrogens with zero attached hydrogens (tertiary/aromatic N) is 2. The highest BCUT2D eigenvalue weighted by atomic mass is 35.5. The van der Waals surface area contributed by atoms with Gasteiger partial charge in [-0.15, -0.1) is 0 Å². The van der Waals surface area contributed by atoms with E-state index in [1.54, 1.807) is 30.3 Å². The molecular formula is C31H30ClF2N3O3. The average Bonchev–Trinajstić information content (AvgIpc) is 3.77. The molecule has 1 atom stereocenters. The van der Waals surface area contributed by atoms with E-state index in [1.165, 1.54) is 4.90 Å². The number of alkyl halides is 2. The number of amides is 1. The fourth-order valence-corrected chi connectivity index (χ4v) is 6.09. The van der Waals surface area contributed by atoms with Crippen molar-refractivity contribution in [2.75, 3.05) is 6.54 Å². The molecule has 2 aromatic carbocycles. The van der Waals surface area contributed by atoms with Crippen molar-refractivity contribution in [3.05, 3.63) is 104 Å². The monoisotopic (exact) mass is 565 g/mol. The second-order valence-corrected chi connectivity index (χ2v) is 11.5. The molecule has 9 heteroatoms. The first kappa shape index (κ1) is 26.8. The van der Waals surface area contributed by atoms with E-state index in [0.29, 0.717) is 53.5 Å². The number of aromatic nitrogens is 2. The van der Waals surface area contributed by atoms with Gasteiger partial charge in [-0.05, 0) is 66.5 Å². The van der Waals surface area contributed by atoms with E-state index in [1.807, 2.05) is 24.3 Å². The quantitative estimate of drug-likeness (QED) is 0.415. The summed E-state index contributed by atoms with van der Waals surface area (Å²) in [6.07, 6.45) is 3.01. The first-order valence-electron chi connectivity index (χ1n) is 13.7. The largest absolute Gasteiger partial charge is 0.378 e. The number of aliphatic hydroxyl groups excluding tert-OH is 1. The van der Waals surface area contributed by atoms with Crippen molar-refractivity contribution in [2.24, 2.45) is 0 Å². The molecule has 1 amide bonds. The third-order valence-corrected chi connectivity index (χ3v) is 8.63. The first-order chi connectivity index (χ1) is 19.1. The molecule has 0 bridgehead atoms. The number of aromatic amines is 1. The van der Waals surface area contributed by atoms with Gasteiger partial charge in [0.15, 0.2) is 6.10 Å². The van der Waals surface area contributed by atoms with E-state index >= 15 is 0 Å². The summed E-state index contributed by atoms with van der Waals surface area (Å²) in [6, 6.07) is 14.5. The Bertz CT molecular complexity index is 1560. The number of H-pyrrole nitrogens is 1. The topological polar surface area (TPSA) is 86.3 Å². The molecule has 6 rings (SSSR count). The van der Waals surface area contributed by atoms with Crippen LogP contribution in [0.1, 0.15) is 78.4 Å². The molecule has 1 unspecified atom stereocenters. The minimum Gasteiger partial charge on any atom is -0.378 e. The SMILES string of the molecule is O=C(C(O)c1cccc(Cl)c1)N1CCCc2nc(C3(c4cccc(C5=CCC(F)(F)CC5)c4)CC3)[nH]c(=O)c2C1. The maximum atomic E-state index is 13.7. The Morgan fingerprint density at radius 3 is 2.62 bits per heavy atom. The van der Waals surface area contributed by atoms with Gasteiger partial charge in [0.05, 0.1) is 23.2 Å². The average molecular weight is 566 g/mol. The normalized spacial score (nSPS) is 20.2. The lowest BCUT2D eigenvalue weighted by Crippen LogP contribution is -2.36. The van der Waals surface area contributed by atoms with Gasteiger partial charge in [-0.3, -0.25) is 9.59 Å². The van der Waals surface area contributed by atoms with Crippen molar-refractivity contribution in [3.63, 3.8) is 0 Å². The van der Waals surface area contributed by atoms with Crippen LogP contribution in [0.25, 0.3) is 5.57 Å². The highest BCUT2D eigenvalue weighted by Gasteiger charge is 2.49. The van der Waals surface area contributed by atoms with Gasteiger partial charge in [0.1, 0.15) is 5.82 Å². The number of hydrogen-bond acceptors (Lipinski definition) is 4. The molecule has 1 saturated carbocycles. The number of rotatable bonds is 5. The molecule has 1 aliphatic heterocycles.